The molecule has 0 saturated heterocycles. The summed E-state index contributed by atoms with van der Waals surface area (Å²) < 4.78 is 24.3. The summed E-state index contributed by atoms with van der Waals surface area (Å²) >= 11 is 0. The number of carbonyl (C=O) groups excluding carboxylic acids is 1. The molecule has 0 unspecified atom stereocenters. The van der Waals surface area contributed by atoms with Gasteiger partial charge in [-0.15, -0.1) is 0 Å². The largest absolute Gasteiger partial charge is 0.486 e. The molecule has 4 rings (SSSR count). The van der Waals surface area contributed by atoms with Crippen molar-refractivity contribution in [2.45, 2.75) is 0 Å². The van der Waals surface area contributed by atoms with E-state index >= 15 is 0 Å². The third-order valence-electron chi connectivity index (χ3n) is 3.91. The normalized spacial score (nSPS) is 12.3. The molecule has 1 aliphatic rings. The van der Waals surface area contributed by atoms with Crippen molar-refractivity contribution >= 4 is 23.0 Å². The molecule has 1 aromatic heterocycles. The van der Waals surface area contributed by atoms with Gasteiger partial charge in [0.15, 0.2) is 11.5 Å². The topological polar surface area (TPSA) is 72.5 Å². The highest BCUT2D eigenvalue weighted by atomic mass is 19.1. The smallest absolute Gasteiger partial charge is 0.274 e. The van der Waals surface area contributed by atoms with Gasteiger partial charge in [0.25, 0.3) is 5.91 Å². The first kappa shape index (κ1) is 16.8. The van der Waals surface area contributed by atoms with E-state index in [2.05, 4.69) is 15.6 Å². The predicted molar refractivity (Wildman–Crippen MR) is 99.3 cm³/mol. The molecule has 1 aliphatic heterocycles. The molecular weight excluding hydrogens is 349 g/mol. The highest BCUT2D eigenvalue weighted by Gasteiger charge is 2.13. The van der Waals surface area contributed by atoms with Crippen LogP contribution in [0.3, 0.4) is 0 Å². The first-order valence-corrected chi connectivity index (χ1v) is 8.37. The second kappa shape index (κ2) is 7.33. The minimum absolute atomic E-state index is 0.210. The summed E-state index contributed by atoms with van der Waals surface area (Å²) in [7, 11) is 0. The van der Waals surface area contributed by atoms with Crippen LogP contribution in [-0.2, 0) is 0 Å². The molecule has 0 fully saturated rings. The Labute approximate surface area is 155 Å². The number of nitrogens with zero attached hydrogens (tertiary/aromatic N) is 1. The van der Waals surface area contributed by atoms with E-state index in [4.69, 9.17) is 9.47 Å². The standard InChI is InChI=1S/C20H16FN3O3/c21-13-2-1-3-14(10-13)24-20(25)17-11-16(6-7-22-17)23-15-4-5-18-19(12-15)27-9-8-26-18/h1-7,10-12H,8-9H2,(H,22,23)(H,24,25). The first-order valence-electron chi connectivity index (χ1n) is 8.37. The molecule has 0 spiro atoms. The van der Waals surface area contributed by atoms with E-state index in [9.17, 15) is 9.18 Å². The number of carbonyl (C=O) groups is 1. The van der Waals surface area contributed by atoms with Crippen LogP contribution in [0.25, 0.3) is 0 Å². The summed E-state index contributed by atoms with van der Waals surface area (Å²) in [4.78, 5) is 16.4. The van der Waals surface area contributed by atoms with Crippen LogP contribution >= 0.6 is 0 Å². The zero-order chi connectivity index (χ0) is 18.6. The van der Waals surface area contributed by atoms with Gasteiger partial charge >= 0.3 is 0 Å². The summed E-state index contributed by atoms with van der Waals surface area (Å²) in [5.41, 5.74) is 2.06. The number of nitrogens with one attached hydrogen (secondary N) is 2. The third kappa shape index (κ3) is 3.98. The molecule has 2 heterocycles. The lowest BCUT2D eigenvalue weighted by Gasteiger charge is -2.19. The van der Waals surface area contributed by atoms with E-state index < -0.39 is 11.7 Å². The van der Waals surface area contributed by atoms with Gasteiger partial charge in [-0.3, -0.25) is 9.78 Å². The molecular formula is C20H16FN3O3. The van der Waals surface area contributed by atoms with Gasteiger partial charge < -0.3 is 20.1 Å². The number of ether oxygens (including phenoxy) is 2. The Bertz CT molecular complexity index is 994. The average Bonchev–Trinajstić information content (AvgIpc) is 2.68. The van der Waals surface area contributed by atoms with Crippen molar-refractivity contribution in [2.24, 2.45) is 0 Å². The monoisotopic (exact) mass is 365 g/mol. The molecule has 0 aliphatic carbocycles. The molecule has 7 heteroatoms. The number of amides is 1. The summed E-state index contributed by atoms with van der Waals surface area (Å²) in [6.07, 6.45) is 1.53. The number of fused-ring (bicyclic) bond motifs is 1. The number of anilines is 3. The molecule has 136 valence electrons. The van der Waals surface area contributed by atoms with Crippen molar-refractivity contribution in [2.75, 3.05) is 23.8 Å². The lowest BCUT2D eigenvalue weighted by molar-refractivity contribution is 0.102. The van der Waals surface area contributed by atoms with Crippen molar-refractivity contribution in [1.29, 1.82) is 0 Å². The van der Waals surface area contributed by atoms with Gasteiger partial charge in [-0.05, 0) is 42.5 Å². The van der Waals surface area contributed by atoms with Crippen LogP contribution in [0.2, 0.25) is 0 Å². The number of aromatic nitrogens is 1. The van der Waals surface area contributed by atoms with E-state index in [-0.39, 0.29) is 5.69 Å². The predicted octanol–water partition coefficient (Wildman–Crippen LogP) is 3.99. The number of hydrogen-bond donors (Lipinski definition) is 2. The van der Waals surface area contributed by atoms with E-state index in [0.29, 0.717) is 36.1 Å². The maximum atomic E-state index is 13.3. The summed E-state index contributed by atoms with van der Waals surface area (Å²) in [5, 5.41) is 5.83. The molecule has 3 aromatic rings. The van der Waals surface area contributed by atoms with E-state index in [0.717, 1.165) is 5.69 Å². The lowest BCUT2D eigenvalue weighted by atomic mass is 10.2. The van der Waals surface area contributed by atoms with Crippen molar-refractivity contribution in [1.82, 2.24) is 4.98 Å². The second-order valence-electron chi connectivity index (χ2n) is 5.88. The van der Waals surface area contributed by atoms with Gasteiger partial charge in [0.05, 0.1) is 0 Å². The van der Waals surface area contributed by atoms with E-state index in [1.165, 1.54) is 24.4 Å². The molecule has 1 amide bonds. The molecule has 0 radical (unpaired) electrons. The van der Waals surface area contributed by atoms with Crippen LogP contribution in [0.15, 0.2) is 60.8 Å². The number of halogens is 1. The van der Waals surface area contributed by atoms with Crippen LogP contribution in [0.5, 0.6) is 11.5 Å². The zero-order valence-corrected chi connectivity index (χ0v) is 14.2. The number of benzene rings is 2. The second-order valence-corrected chi connectivity index (χ2v) is 5.88. The van der Waals surface area contributed by atoms with Gasteiger partial charge in [-0.1, -0.05) is 6.07 Å². The minimum atomic E-state index is -0.425. The Morgan fingerprint density at radius 3 is 2.59 bits per heavy atom. The van der Waals surface area contributed by atoms with Crippen molar-refractivity contribution in [3.05, 3.63) is 72.3 Å². The van der Waals surface area contributed by atoms with Crippen molar-refractivity contribution < 1.29 is 18.7 Å². The SMILES string of the molecule is O=C(Nc1cccc(F)c1)c1cc(Nc2ccc3c(c2)OCCO3)ccn1. The molecule has 0 bridgehead atoms. The summed E-state index contributed by atoms with van der Waals surface area (Å²) in [6, 6.07) is 14.6. The van der Waals surface area contributed by atoms with Gasteiger partial charge in [0, 0.05) is 29.3 Å². The molecule has 2 aromatic carbocycles. The van der Waals surface area contributed by atoms with Crippen LogP contribution in [0.4, 0.5) is 21.5 Å². The van der Waals surface area contributed by atoms with Gasteiger partial charge in [-0.2, -0.15) is 0 Å². The summed E-state index contributed by atoms with van der Waals surface area (Å²) in [5.74, 6) is 0.530. The fourth-order valence-corrected chi connectivity index (χ4v) is 2.68. The number of pyridine rings is 1. The minimum Gasteiger partial charge on any atom is -0.486 e. The van der Waals surface area contributed by atoms with E-state index in [1.807, 2.05) is 18.2 Å². The number of hydrogen-bond acceptors (Lipinski definition) is 5. The Hall–Kier alpha value is -3.61. The maximum Gasteiger partial charge on any atom is 0.274 e. The third-order valence-corrected chi connectivity index (χ3v) is 3.91. The van der Waals surface area contributed by atoms with Crippen LogP contribution in [0.1, 0.15) is 10.5 Å². The Morgan fingerprint density at radius 2 is 1.74 bits per heavy atom. The van der Waals surface area contributed by atoms with Crippen LogP contribution < -0.4 is 20.1 Å². The Kier molecular flexibility index (Phi) is 4.57. The fourth-order valence-electron chi connectivity index (χ4n) is 2.68. The van der Waals surface area contributed by atoms with Crippen molar-refractivity contribution in [3.8, 4) is 11.5 Å². The summed E-state index contributed by atoms with van der Waals surface area (Å²) in [6.45, 7) is 1.05. The zero-order valence-electron chi connectivity index (χ0n) is 14.2. The van der Waals surface area contributed by atoms with E-state index in [1.54, 1.807) is 18.2 Å². The van der Waals surface area contributed by atoms with Gasteiger partial charge in [0.1, 0.15) is 24.7 Å². The fraction of sp³-hybridized carbons (Fsp3) is 0.100. The highest BCUT2D eigenvalue weighted by Crippen LogP contribution is 2.33. The average molecular weight is 365 g/mol. The molecule has 0 saturated carbocycles. The molecule has 6 nitrogen and oxygen atoms in total. The van der Waals surface area contributed by atoms with Gasteiger partial charge in [0.2, 0.25) is 0 Å². The number of rotatable bonds is 4. The Balaban J connectivity index is 1.49. The molecule has 2 N–H and O–H groups in total. The molecule has 0 atom stereocenters. The Morgan fingerprint density at radius 1 is 0.926 bits per heavy atom. The highest BCUT2D eigenvalue weighted by molar-refractivity contribution is 6.03. The van der Waals surface area contributed by atoms with Crippen LogP contribution in [0, 0.1) is 5.82 Å². The van der Waals surface area contributed by atoms with Crippen LogP contribution in [-0.4, -0.2) is 24.1 Å². The molecule has 27 heavy (non-hydrogen) atoms. The first-order chi connectivity index (χ1) is 13.2. The van der Waals surface area contributed by atoms with Crippen molar-refractivity contribution in [3.63, 3.8) is 0 Å². The quantitative estimate of drug-likeness (QED) is 0.731. The van der Waals surface area contributed by atoms with Gasteiger partial charge in [-0.25, -0.2) is 4.39 Å². The maximum absolute atomic E-state index is 13.3. The lowest BCUT2D eigenvalue weighted by Crippen LogP contribution is -2.15.